The lowest BCUT2D eigenvalue weighted by Crippen LogP contribution is -2.41. The van der Waals surface area contributed by atoms with Crippen molar-refractivity contribution in [1.29, 1.82) is 0 Å². The van der Waals surface area contributed by atoms with Gasteiger partial charge in [0.25, 0.3) is 0 Å². The number of nitrogens with zero attached hydrogens (tertiary/aromatic N) is 1. The minimum atomic E-state index is -4.01. The Labute approximate surface area is 178 Å². The molecule has 0 bridgehead atoms. The first-order valence-electron chi connectivity index (χ1n) is 8.97. The SMILES string of the molecule is CN(CCc1ccccc1)C(=O)CC[C@@H](NS(=O)(=O)c1ccc(Br)cc1)C(=O)O. The fourth-order valence-electron chi connectivity index (χ4n) is 2.63. The normalized spacial score (nSPS) is 12.3. The molecule has 7 nitrogen and oxygen atoms in total. The maximum absolute atomic E-state index is 12.4. The van der Waals surface area contributed by atoms with Gasteiger partial charge < -0.3 is 10.0 Å². The van der Waals surface area contributed by atoms with Crippen LogP contribution in [0, 0.1) is 0 Å². The van der Waals surface area contributed by atoms with E-state index in [4.69, 9.17) is 0 Å². The van der Waals surface area contributed by atoms with E-state index in [1.165, 1.54) is 17.0 Å². The second kappa shape index (κ2) is 10.5. The second-order valence-corrected chi connectivity index (χ2v) is 9.19. The molecule has 9 heteroatoms. The van der Waals surface area contributed by atoms with Crippen LogP contribution in [-0.4, -0.2) is 49.9 Å². The molecule has 0 aliphatic rings. The van der Waals surface area contributed by atoms with Gasteiger partial charge in [-0.05, 0) is 42.7 Å². The Morgan fingerprint density at radius 2 is 1.72 bits per heavy atom. The van der Waals surface area contributed by atoms with E-state index in [-0.39, 0.29) is 23.6 Å². The number of nitrogens with one attached hydrogen (secondary N) is 1. The molecular formula is C20H23BrN2O5S. The van der Waals surface area contributed by atoms with Crippen LogP contribution in [0.3, 0.4) is 0 Å². The van der Waals surface area contributed by atoms with Crippen LogP contribution in [0.25, 0.3) is 0 Å². The van der Waals surface area contributed by atoms with E-state index in [9.17, 15) is 23.1 Å². The minimum absolute atomic E-state index is 0.0433. The number of rotatable bonds is 10. The molecule has 0 saturated heterocycles. The Bertz CT molecular complexity index is 933. The lowest BCUT2D eigenvalue weighted by Gasteiger charge is -2.19. The zero-order valence-electron chi connectivity index (χ0n) is 15.9. The number of halogens is 1. The van der Waals surface area contributed by atoms with Crippen LogP contribution in [0.15, 0.2) is 64.0 Å². The highest BCUT2D eigenvalue weighted by molar-refractivity contribution is 9.10. The van der Waals surface area contributed by atoms with Gasteiger partial charge in [-0.3, -0.25) is 9.59 Å². The van der Waals surface area contributed by atoms with Gasteiger partial charge in [0.15, 0.2) is 0 Å². The third-order valence-corrected chi connectivity index (χ3v) is 6.39. The fourth-order valence-corrected chi connectivity index (χ4v) is 4.11. The maximum Gasteiger partial charge on any atom is 0.321 e. The van der Waals surface area contributed by atoms with E-state index >= 15 is 0 Å². The van der Waals surface area contributed by atoms with Crippen molar-refractivity contribution < 1.29 is 23.1 Å². The highest BCUT2D eigenvalue weighted by Crippen LogP contribution is 2.15. The summed E-state index contributed by atoms with van der Waals surface area (Å²) >= 11 is 3.22. The highest BCUT2D eigenvalue weighted by Gasteiger charge is 2.26. The fraction of sp³-hybridized carbons (Fsp3) is 0.300. The first kappa shape index (κ1) is 23.1. The average Bonchev–Trinajstić information content (AvgIpc) is 2.69. The van der Waals surface area contributed by atoms with Gasteiger partial charge in [-0.15, -0.1) is 0 Å². The molecule has 29 heavy (non-hydrogen) atoms. The van der Waals surface area contributed by atoms with Crippen molar-refractivity contribution >= 4 is 37.8 Å². The van der Waals surface area contributed by atoms with Crippen molar-refractivity contribution in [3.8, 4) is 0 Å². The summed E-state index contributed by atoms with van der Waals surface area (Å²) < 4.78 is 27.7. The molecule has 0 aliphatic heterocycles. The Morgan fingerprint density at radius 1 is 1.10 bits per heavy atom. The Morgan fingerprint density at radius 3 is 2.31 bits per heavy atom. The quantitative estimate of drug-likeness (QED) is 0.541. The Balaban J connectivity index is 1.91. The zero-order valence-corrected chi connectivity index (χ0v) is 18.3. The highest BCUT2D eigenvalue weighted by atomic mass is 79.9. The van der Waals surface area contributed by atoms with Gasteiger partial charge in [-0.25, -0.2) is 8.42 Å². The molecule has 0 saturated carbocycles. The summed E-state index contributed by atoms with van der Waals surface area (Å²) in [5, 5.41) is 9.37. The third-order valence-electron chi connectivity index (χ3n) is 4.37. The van der Waals surface area contributed by atoms with Gasteiger partial charge in [-0.1, -0.05) is 46.3 Å². The van der Waals surface area contributed by atoms with Crippen LogP contribution in [0.5, 0.6) is 0 Å². The number of carboxylic acids is 1. The molecule has 0 fully saturated rings. The Kier molecular flexibility index (Phi) is 8.36. The van der Waals surface area contributed by atoms with Crippen LogP contribution in [0.4, 0.5) is 0 Å². The zero-order chi connectivity index (χ0) is 21.4. The van der Waals surface area contributed by atoms with E-state index < -0.39 is 22.0 Å². The number of carbonyl (C=O) groups excluding carboxylic acids is 1. The van der Waals surface area contributed by atoms with Gasteiger partial charge in [0.1, 0.15) is 6.04 Å². The molecule has 2 aromatic rings. The number of sulfonamides is 1. The number of amides is 1. The molecule has 0 radical (unpaired) electrons. The number of hydrogen-bond acceptors (Lipinski definition) is 4. The average molecular weight is 483 g/mol. The van der Waals surface area contributed by atoms with Gasteiger partial charge in [0.05, 0.1) is 4.90 Å². The molecule has 0 unspecified atom stereocenters. The summed E-state index contributed by atoms with van der Waals surface area (Å²) in [5.74, 6) is -1.57. The van der Waals surface area contributed by atoms with E-state index in [1.54, 1.807) is 19.2 Å². The molecule has 1 atom stereocenters. The van der Waals surface area contributed by atoms with Crippen molar-refractivity contribution in [2.45, 2.75) is 30.2 Å². The van der Waals surface area contributed by atoms with Gasteiger partial charge >= 0.3 is 5.97 Å². The lowest BCUT2D eigenvalue weighted by atomic mass is 10.1. The summed E-state index contributed by atoms with van der Waals surface area (Å²) in [4.78, 5) is 25.3. The van der Waals surface area contributed by atoms with E-state index in [2.05, 4.69) is 20.7 Å². The largest absolute Gasteiger partial charge is 0.480 e. The molecule has 2 rings (SSSR count). The van der Waals surface area contributed by atoms with Crippen molar-refractivity contribution in [3.63, 3.8) is 0 Å². The van der Waals surface area contributed by atoms with Crippen LogP contribution < -0.4 is 4.72 Å². The smallest absolute Gasteiger partial charge is 0.321 e. The molecule has 0 aliphatic carbocycles. The lowest BCUT2D eigenvalue weighted by molar-refractivity contribution is -0.139. The first-order chi connectivity index (χ1) is 13.7. The molecule has 0 spiro atoms. The van der Waals surface area contributed by atoms with Crippen LogP contribution >= 0.6 is 15.9 Å². The predicted octanol–water partition coefficient (Wildman–Crippen LogP) is 2.66. The van der Waals surface area contributed by atoms with Crippen LogP contribution in [0.1, 0.15) is 18.4 Å². The Hall–Kier alpha value is -2.23. The van der Waals surface area contributed by atoms with Gasteiger partial charge in [-0.2, -0.15) is 4.72 Å². The number of carboxylic acid groups (broad SMARTS) is 1. The predicted molar refractivity (Wildman–Crippen MR) is 113 cm³/mol. The summed E-state index contributed by atoms with van der Waals surface area (Å²) in [7, 11) is -2.37. The summed E-state index contributed by atoms with van der Waals surface area (Å²) in [6.45, 7) is 0.491. The number of carbonyl (C=O) groups is 2. The molecule has 0 heterocycles. The van der Waals surface area contributed by atoms with E-state index in [0.717, 1.165) is 5.56 Å². The van der Waals surface area contributed by atoms with Crippen molar-refractivity contribution in [2.24, 2.45) is 0 Å². The van der Waals surface area contributed by atoms with Crippen molar-refractivity contribution in [3.05, 3.63) is 64.6 Å². The number of aliphatic carboxylic acids is 1. The summed E-state index contributed by atoms with van der Waals surface area (Å²) in [6.07, 6.45) is 0.465. The summed E-state index contributed by atoms with van der Waals surface area (Å²) in [6, 6.07) is 14.1. The number of benzene rings is 2. The maximum atomic E-state index is 12.4. The molecule has 156 valence electrons. The topological polar surface area (TPSA) is 104 Å². The van der Waals surface area contributed by atoms with E-state index in [1.807, 2.05) is 30.3 Å². The van der Waals surface area contributed by atoms with Gasteiger partial charge in [0, 0.05) is 24.5 Å². The molecular weight excluding hydrogens is 460 g/mol. The van der Waals surface area contributed by atoms with Gasteiger partial charge in [0.2, 0.25) is 15.9 Å². The number of likely N-dealkylation sites (N-methyl/N-ethyl adjacent to an activating group) is 1. The molecule has 2 aromatic carbocycles. The first-order valence-corrected chi connectivity index (χ1v) is 11.3. The molecule has 1 amide bonds. The van der Waals surface area contributed by atoms with E-state index in [0.29, 0.717) is 17.4 Å². The standard InChI is InChI=1S/C20H23BrN2O5S/c1-23(14-13-15-5-3-2-4-6-15)19(24)12-11-18(20(25)26)22-29(27,28)17-9-7-16(21)8-10-17/h2-10,18,22H,11-14H2,1H3,(H,25,26)/t18-/m1/s1. The van der Waals surface area contributed by atoms with Crippen molar-refractivity contribution in [1.82, 2.24) is 9.62 Å². The molecule has 2 N–H and O–H groups in total. The van der Waals surface area contributed by atoms with Crippen LogP contribution in [0.2, 0.25) is 0 Å². The minimum Gasteiger partial charge on any atom is -0.480 e. The third kappa shape index (κ3) is 7.26. The number of hydrogen-bond donors (Lipinski definition) is 2. The van der Waals surface area contributed by atoms with Crippen LogP contribution in [-0.2, 0) is 26.0 Å². The molecule has 0 aromatic heterocycles. The monoisotopic (exact) mass is 482 g/mol. The summed E-state index contributed by atoms with van der Waals surface area (Å²) in [5.41, 5.74) is 1.10. The second-order valence-electron chi connectivity index (χ2n) is 6.56. The van der Waals surface area contributed by atoms with Crippen molar-refractivity contribution in [2.75, 3.05) is 13.6 Å².